The lowest BCUT2D eigenvalue weighted by molar-refractivity contribution is -0.113. The van der Waals surface area contributed by atoms with Gasteiger partial charge in [0.25, 0.3) is 0 Å². The summed E-state index contributed by atoms with van der Waals surface area (Å²) in [7, 11) is 0. The maximum atomic E-state index is 12.5. The minimum absolute atomic E-state index is 0.0642. The maximum Gasteiger partial charge on any atom is 0.234 e. The predicted octanol–water partition coefficient (Wildman–Crippen LogP) is 4.41. The lowest BCUT2D eigenvalue weighted by Crippen LogP contribution is -2.16. The monoisotopic (exact) mass is 409 g/mol. The molecule has 0 aliphatic heterocycles. The lowest BCUT2D eigenvalue weighted by atomic mass is 10.1. The van der Waals surface area contributed by atoms with Crippen LogP contribution < -0.4 is 5.32 Å². The van der Waals surface area contributed by atoms with Gasteiger partial charge in [0.05, 0.1) is 10.6 Å². The lowest BCUT2D eigenvalue weighted by Gasteiger charge is -2.11. The fraction of sp³-hybridized carbons (Fsp3) is 0.150. The summed E-state index contributed by atoms with van der Waals surface area (Å²) in [5.74, 6) is 0.943. The standard InChI is InChI=1S/C20H19N5OS2/c1-2-15-8-3-4-9-16(15)21-18(26)14-28-20-23-22-19(17-10-7-13-27-17)25(20)24-11-5-6-12-24/h3-13H,2,14H2,1H3,(H,21,26). The number of carbonyl (C=O) groups is 1. The van der Waals surface area contributed by atoms with Crippen LogP contribution in [-0.2, 0) is 11.2 Å². The molecule has 1 N–H and O–H groups in total. The van der Waals surface area contributed by atoms with Gasteiger partial charge in [0.15, 0.2) is 5.82 Å². The molecule has 1 aromatic carbocycles. The van der Waals surface area contributed by atoms with Crippen molar-refractivity contribution in [2.24, 2.45) is 0 Å². The van der Waals surface area contributed by atoms with Gasteiger partial charge >= 0.3 is 0 Å². The second-order valence-corrected chi connectivity index (χ2v) is 7.90. The van der Waals surface area contributed by atoms with Gasteiger partial charge in [-0.1, -0.05) is 43.0 Å². The summed E-state index contributed by atoms with van der Waals surface area (Å²) in [6, 6.07) is 15.8. The molecule has 0 aliphatic carbocycles. The van der Waals surface area contributed by atoms with E-state index in [1.807, 2.05) is 75.7 Å². The van der Waals surface area contributed by atoms with E-state index in [4.69, 9.17) is 0 Å². The number of aromatic nitrogens is 4. The van der Waals surface area contributed by atoms with Gasteiger partial charge in [-0.3, -0.25) is 9.47 Å². The first-order valence-electron chi connectivity index (χ1n) is 8.89. The predicted molar refractivity (Wildman–Crippen MR) is 114 cm³/mol. The van der Waals surface area contributed by atoms with Crippen molar-refractivity contribution in [1.29, 1.82) is 0 Å². The molecule has 28 heavy (non-hydrogen) atoms. The van der Waals surface area contributed by atoms with E-state index in [2.05, 4.69) is 22.4 Å². The molecule has 0 unspecified atom stereocenters. The van der Waals surface area contributed by atoms with Crippen molar-refractivity contribution < 1.29 is 4.79 Å². The number of nitrogens with one attached hydrogen (secondary N) is 1. The fourth-order valence-corrected chi connectivity index (χ4v) is 4.28. The van der Waals surface area contributed by atoms with E-state index in [1.165, 1.54) is 11.8 Å². The molecule has 0 spiro atoms. The van der Waals surface area contributed by atoms with Gasteiger partial charge in [-0.15, -0.1) is 21.5 Å². The number of anilines is 1. The summed E-state index contributed by atoms with van der Waals surface area (Å²) in [5, 5.41) is 14.3. The molecule has 3 aromatic heterocycles. The van der Waals surface area contributed by atoms with E-state index in [1.54, 1.807) is 11.3 Å². The third-order valence-electron chi connectivity index (χ3n) is 4.18. The minimum atomic E-state index is -0.0642. The number of carbonyl (C=O) groups excluding carboxylic acids is 1. The van der Waals surface area contributed by atoms with Crippen molar-refractivity contribution in [3.63, 3.8) is 0 Å². The smallest absolute Gasteiger partial charge is 0.234 e. The SMILES string of the molecule is CCc1ccccc1NC(=O)CSc1nnc(-c2cccs2)n1-n1cccc1. The highest BCUT2D eigenvalue weighted by Crippen LogP contribution is 2.27. The quantitative estimate of drug-likeness (QED) is 0.459. The highest BCUT2D eigenvalue weighted by atomic mass is 32.2. The Morgan fingerprint density at radius 1 is 1.11 bits per heavy atom. The zero-order valence-corrected chi connectivity index (χ0v) is 16.9. The molecule has 0 radical (unpaired) electrons. The molecule has 142 valence electrons. The number of thiophene rings is 1. The summed E-state index contributed by atoms with van der Waals surface area (Å²) < 4.78 is 3.84. The number of thioether (sulfide) groups is 1. The van der Waals surface area contributed by atoms with E-state index >= 15 is 0 Å². The first kappa shape index (κ1) is 18.5. The van der Waals surface area contributed by atoms with Crippen molar-refractivity contribution >= 4 is 34.7 Å². The number of hydrogen-bond donors (Lipinski definition) is 1. The van der Waals surface area contributed by atoms with Crippen LogP contribution >= 0.6 is 23.1 Å². The van der Waals surface area contributed by atoms with E-state index in [-0.39, 0.29) is 11.7 Å². The average Bonchev–Trinajstić information content (AvgIpc) is 3.47. The number of amides is 1. The van der Waals surface area contributed by atoms with Crippen LogP contribution in [0.3, 0.4) is 0 Å². The molecule has 0 saturated carbocycles. The van der Waals surface area contributed by atoms with Gasteiger partial charge in [-0.25, -0.2) is 4.68 Å². The van der Waals surface area contributed by atoms with Crippen LogP contribution in [0.15, 0.2) is 71.5 Å². The Labute approximate surface area is 171 Å². The van der Waals surface area contributed by atoms with Crippen molar-refractivity contribution in [1.82, 2.24) is 19.5 Å². The van der Waals surface area contributed by atoms with Crippen molar-refractivity contribution in [2.45, 2.75) is 18.5 Å². The Balaban J connectivity index is 1.53. The van der Waals surface area contributed by atoms with Crippen LogP contribution in [-0.4, -0.2) is 31.2 Å². The van der Waals surface area contributed by atoms with Crippen LogP contribution in [0.1, 0.15) is 12.5 Å². The first-order valence-corrected chi connectivity index (χ1v) is 10.8. The molecule has 0 atom stereocenters. The van der Waals surface area contributed by atoms with Crippen LogP contribution in [0.5, 0.6) is 0 Å². The van der Waals surface area contributed by atoms with Crippen LogP contribution in [0.2, 0.25) is 0 Å². The van der Waals surface area contributed by atoms with Gasteiger partial charge < -0.3 is 5.32 Å². The van der Waals surface area contributed by atoms with Crippen molar-refractivity contribution in [3.05, 3.63) is 71.9 Å². The number of hydrogen-bond acceptors (Lipinski definition) is 5. The molecule has 1 amide bonds. The molecule has 3 heterocycles. The van der Waals surface area contributed by atoms with Gasteiger partial charge in [-0.05, 0) is 41.6 Å². The highest BCUT2D eigenvalue weighted by molar-refractivity contribution is 7.99. The van der Waals surface area contributed by atoms with Gasteiger partial charge in [-0.2, -0.15) is 0 Å². The molecular formula is C20H19N5OS2. The zero-order valence-electron chi connectivity index (χ0n) is 15.3. The Kier molecular flexibility index (Phi) is 5.59. The number of benzene rings is 1. The van der Waals surface area contributed by atoms with Crippen molar-refractivity contribution in [3.8, 4) is 10.7 Å². The molecule has 0 aliphatic rings. The second-order valence-electron chi connectivity index (χ2n) is 6.01. The minimum Gasteiger partial charge on any atom is -0.325 e. The van der Waals surface area contributed by atoms with Crippen LogP contribution in [0.25, 0.3) is 10.7 Å². The summed E-state index contributed by atoms with van der Waals surface area (Å²) in [4.78, 5) is 13.5. The molecule has 0 bridgehead atoms. The maximum absolute atomic E-state index is 12.5. The topological polar surface area (TPSA) is 64.7 Å². The van der Waals surface area contributed by atoms with Gasteiger partial charge in [0, 0.05) is 18.1 Å². The van der Waals surface area contributed by atoms with E-state index < -0.39 is 0 Å². The number of aryl methyl sites for hydroxylation is 1. The first-order chi connectivity index (χ1) is 13.8. The molecule has 6 nitrogen and oxygen atoms in total. The third kappa shape index (κ3) is 3.88. The summed E-state index contributed by atoms with van der Waals surface area (Å²) in [5.41, 5.74) is 1.98. The number of nitrogens with zero attached hydrogens (tertiary/aromatic N) is 4. The second kappa shape index (κ2) is 8.45. The van der Waals surface area contributed by atoms with Crippen LogP contribution in [0.4, 0.5) is 5.69 Å². The summed E-state index contributed by atoms with van der Waals surface area (Å²) >= 11 is 2.97. The Bertz CT molecular complexity index is 1050. The molecule has 0 fully saturated rings. The molecule has 8 heteroatoms. The largest absolute Gasteiger partial charge is 0.325 e. The Morgan fingerprint density at radius 3 is 2.68 bits per heavy atom. The zero-order chi connectivity index (χ0) is 19.3. The third-order valence-corrected chi connectivity index (χ3v) is 5.96. The van der Waals surface area contributed by atoms with Gasteiger partial charge in [0.2, 0.25) is 11.1 Å². The van der Waals surface area contributed by atoms with Gasteiger partial charge in [0.1, 0.15) is 0 Å². The van der Waals surface area contributed by atoms with Crippen molar-refractivity contribution in [2.75, 3.05) is 11.1 Å². The number of para-hydroxylation sites is 1. The van der Waals surface area contributed by atoms with Crippen LogP contribution in [0, 0.1) is 0 Å². The molecule has 4 aromatic rings. The average molecular weight is 410 g/mol. The summed E-state index contributed by atoms with van der Waals surface area (Å²) in [6.07, 6.45) is 4.74. The highest BCUT2D eigenvalue weighted by Gasteiger charge is 2.17. The van der Waals surface area contributed by atoms with E-state index in [9.17, 15) is 4.79 Å². The van der Waals surface area contributed by atoms with E-state index in [0.717, 1.165) is 28.4 Å². The Hall–Kier alpha value is -2.84. The summed E-state index contributed by atoms with van der Waals surface area (Å²) in [6.45, 7) is 2.07. The fourth-order valence-electron chi connectivity index (χ4n) is 2.85. The normalized spacial score (nSPS) is 10.9. The number of rotatable bonds is 7. The molecular weight excluding hydrogens is 390 g/mol. The molecule has 4 rings (SSSR count). The molecule has 0 saturated heterocycles. The Morgan fingerprint density at radius 2 is 1.93 bits per heavy atom. The van der Waals surface area contributed by atoms with E-state index in [0.29, 0.717) is 5.16 Å².